The molecule has 0 aromatic heterocycles. The van der Waals surface area contributed by atoms with E-state index in [1.54, 1.807) is 21.3 Å². The van der Waals surface area contributed by atoms with Gasteiger partial charge < -0.3 is 14.2 Å². The van der Waals surface area contributed by atoms with Gasteiger partial charge in [-0.1, -0.05) is 42.5 Å². The quantitative estimate of drug-likeness (QED) is 0.518. The van der Waals surface area contributed by atoms with Gasteiger partial charge >= 0.3 is 0 Å². The van der Waals surface area contributed by atoms with Crippen molar-refractivity contribution in [2.24, 2.45) is 0 Å². The molecule has 1 heterocycles. The molecule has 3 aromatic rings. The molecule has 3 aromatic carbocycles. The molecule has 0 saturated carbocycles. The van der Waals surface area contributed by atoms with Gasteiger partial charge in [0.15, 0.2) is 11.5 Å². The Morgan fingerprint density at radius 3 is 2.24 bits per heavy atom. The summed E-state index contributed by atoms with van der Waals surface area (Å²) in [5.74, 6) is 1.82. The van der Waals surface area contributed by atoms with E-state index in [0.29, 0.717) is 29.5 Å². The van der Waals surface area contributed by atoms with Crippen LogP contribution >= 0.6 is 0 Å². The molecule has 0 radical (unpaired) electrons. The molecule has 34 heavy (non-hydrogen) atoms. The van der Waals surface area contributed by atoms with Crippen LogP contribution in [0, 0.1) is 0 Å². The lowest BCUT2D eigenvalue weighted by Crippen LogP contribution is -2.34. The summed E-state index contributed by atoms with van der Waals surface area (Å²) in [4.78, 5) is 2.33. The Morgan fingerprint density at radius 1 is 0.912 bits per heavy atom. The zero-order chi connectivity index (χ0) is 24.3. The highest BCUT2D eigenvalue weighted by atomic mass is 32.2. The number of benzene rings is 3. The number of fused-ring (bicyclic) bond motifs is 1. The summed E-state index contributed by atoms with van der Waals surface area (Å²) >= 11 is 0. The SMILES string of the molecule is COc1ccc(C2CN(Cc3ccccc3)Cc3c2ccc(OC)c3NS(C)(=O)=O)cc1OC. The Kier molecular flexibility index (Phi) is 7.00. The van der Waals surface area contributed by atoms with Crippen LogP contribution in [-0.2, 0) is 23.1 Å². The third-order valence-electron chi connectivity index (χ3n) is 6.08. The lowest BCUT2D eigenvalue weighted by molar-refractivity contribution is 0.232. The maximum Gasteiger partial charge on any atom is 0.229 e. The molecule has 1 aliphatic rings. The zero-order valence-corrected chi connectivity index (χ0v) is 20.7. The standard InChI is InChI=1S/C26H30N2O5S/c1-31-23-12-10-19(14-25(23)33-3)21-16-28(15-18-8-6-5-7-9-18)17-22-20(21)11-13-24(32-2)26(22)27-34(4,29)30/h5-14,21,27H,15-17H2,1-4H3. The molecule has 1 atom stereocenters. The lowest BCUT2D eigenvalue weighted by atomic mass is 9.83. The van der Waals surface area contributed by atoms with Crippen LogP contribution in [0.25, 0.3) is 0 Å². The maximum atomic E-state index is 12.2. The third kappa shape index (κ3) is 5.13. The van der Waals surface area contributed by atoms with Crippen LogP contribution in [0.15, 0.2) is 60.7 Å². The van der Waals surface area contributed by atoms with E-state index in [-0.39, 0.29) is 5.92 Å². The van der Waals surface area contributed by atoms with Gasteiger partial charge in [-0.05, 0) is 40.5 Å². The van der Waals surface area contributed by atoms with Gasteiger partial charge in [0.25, 0.3) is 0 Å². The summed E-state index contributed by atoms with van der Waals surface area (Å²) in [6.45, 7) is 2.09. The molecule has 0 fully saturated rings. The second-order valence-corrected chi connectivity index (χ2v) is 10.2. The van der Waals surface area contributed by atoms with Gasteiger partial charge in [-0.3, -0.25) is 9.62 Å². The van der Waals surface area contributed by atoms with E-state index < -0.39 is 10.0 Å². The van der Waals surface area contributed by atoms with Crippen LogP contribution < -0.4 is 18.9 Å². The van der Waals surface area contributed by atoms with Crippen molar-refractivity contribution in [3.63, 3.8) is 0 Å². The molecular formula is C26H30N2O5S. The molecule has 0 spiro atoms. The van der Waals surface area contributed by atoms with Crippen molar-refractivity contribution in [2.75, 3.05) is 38.9 Å². The number of methoxy groups -OCH3 is 3. The zero-order valence-electron chi connectivity index (χ0n) is 19.9. The van der Waals surface area contributed by atoms with E-state index in [2.05, 4.69) is 21.8 Å². The van der Waals surface area contributed by atoms with E-state index in [1.165, 1.54) is 5.56 Å². The molecule has 180 valence electrons. The molecule has 1 unspecified atom stereocenters. The van der Waals surface area contributed by atoms with Crippen LogP contribution in [0.2, 0.25) is 0 Å². The van der Waals surface area contributed by atoms with Crippen LogP contribution in [0.3, 0.4) is 0 Å². The van der Waals surface area contributed by atoms with Crippen molar-refractivity contribution in [3.05, 3.63) is 82.9 Å². The third-order valence-corrected chi connectivity index (χ3v) is 6.65. The first-order valence-electron chi connectivity index (χ1n) is 11.0. The summed E-state index contributed by atoms with van der Waals surface area (Å²) in [6, 6.07) is 20.0. The highest BCUT2D eigenvalue weighted by Crippen LogP contribution is 2.43. The number of ether oxygens (including phenoxy) is 3. The maximum absolute atomic E-state index is 12.2. The number of hydrogen-bond donors (Lipinski definition) is 1. The number of anilines is 1. The minimum Gasteiger partial charge on any atom is -0.495 e. The molecule has 0 amide bonds. The van der Waals surface area contributed by atoms with Crippen LogP contribution in [0.5, 0.6) is 17.2 Å². The van der Waals surface area contributed by atoms with Crippen molar-refractivity contribution in [2.45, 2.75) is 19.0 Å². The molecule has 7 nitrogen and oxygen atoms in total. The number of nitrogens with one attached hydrogen (secondary N) is 1. The Morgan fingerprint density at radius 2 is 1.59 bits per heavy atom. The summed E-state index contributed by atoms with van der Waals surface area (Å²) in [5, 5.41) is 0. The first kappa shape index (κ1) is 23.9. The average Bonchev–Trinajstić information content (AvgIpc) is 2.83. The number of sulfonamides is 1. The highest BCUT2D eigenvalue weighted by Gasteiger charge is 2.31. The molecule has 0 bridgehead atoms. The average molecular weight is 483 g/mol. The Bertz CT molecular complexity index is 1260. The van der Waals surface area contributed by atoms with E-state index in [0.717, 1.165) is 36.0 Å². The van der Waals surface area contributed by atoms with Crippen molar-refractivity contribution in [1.29, 1.82) is 0 Å². The van der Waals surface area contributed by atoms with Crippen molar-refractivity contribution in [3.8, 4) is 17.2 Å². The molecule has 4 rings (SSSR count). The monoisotopic (exact) mass is 482 g/mol. The minimum absolute atomic E-state index is 0.00159. The summed E-state index contributed by atoms with van der Waals surface area (Å²) in [6.07, 6.45) is 1.15. The summed E-state index contributed by atoms with van der Waals surface area (Å²) in [7, 11) is 1.28. The van der Waals surface area contributed by atoms with Crippen LogP contribution in [0.1, 0.15) is 28.2 Å². The predicted molar refractivity (Wildman–Crippen MR) is 133 cm³/mol. The lowest BCUT2D eigenvalue weighted by Gasteiger charge is -2.36. The molecule has 1 aliphatic heterocycles. The number of hydrogen-bond acceptors (Lipinski definition) is 6. The van der Waals surface area contributed by atoms with E-state index in [9.17, 15) is 8.42 Å². The van der Waals surface area contributed by atoms with Crippen molar-refractivity contribution in [1.82, 2.24) is 4.90 Å². The van der Waals surface area contributed by atoms with Crippen molar-refractivity contribution >= 4 is 15.7 Å². The Balaban J connectivity index is 1.84. The first-order chi connectivity index (χ1) is 16.3. The van der Waals surface area contributed by atoms with Crippen molar-refractivity contribution < 1.29 is 22.6 Å². The molecule has 0 saturated heterocycles. The predicted octanol–water partition coefficient (Wildman–Crippen LogP) is 4.23. The minimum atomic E-state index is -3.51. The second kappa shape index (κ2) is 9.95. The van der Waals surface area contributed by atoms with Gasteiger partial charge in [-0.25, -0.2) is 8.42 Å². The van der Waals surface area contributed by atoms with Crippen LogP contribution in [0.4, 0.5) is 5.69 Å². The molecule has 8 heteroatoms. The van der Waals surface area contributed by atoms with E-state index in [4.69, 9.17) is 14.2 Å². The van der Waals surface area contributed by atoms with Gasteiger partial charge in [-0.2, -0.15) is 0 Å². The van der Waals surface area contributed by atoms with Gasteiger partial charge in [-0.15, -0.1) is 0 Å². The number of nitrogens with zero attached hydrogens (tertiary/aromatic N) is 1. The highest BCUT2D eigenvalue weighted by molar-refractivity contribution is 7.92. The number of rotatable bonds is 8. The van der Waals surface area contributed by atoms with Gasteiger partial charge in [0.2, 0.25) is 10.0 Å². The Hall–Kier alpha value is -3.23. The largest absolute Gasteiger partial charge is 0.495 e. The van der Waals surface area contributed by atoms with E-state index in [1.807, 2.05) is 48.5 Å². The molecule has 0 aliphatic carbocycles. The molecule has 1 N–H and O–H groups in total. The second-order valence-electron chi connectivity index (χ2n) is 8.41. The fourth-order valence-corrected chi connectivity index (χ4v) is 5.16. The molecular weight excluding hydrogens is 452 g/mol. The fraction of sp³-hybridized carbons (Fsp3) is 0.308. The van der Waals surface area contributed by atoms with Gasteiger partial charge in [0.05, 0.1) is 33.3 Å². The summed E-state index contributed by atoms with van der Waals surface area (Å²) < 4.78 is 43.7. The van der Waals surface area contributed by atoms with Gasteiger partial charge in [0.1, 0.15) is 5.75 Å². The summed E-state index contributed by atoms with van der Waals surface area (Å²) in [5.41, 5.74) is 4.71. The fourth-order valence-electron chi connectivity index (χ4n) is 4.57. The van der Waals surface area contributed by atoms with Crippen LogP contribution in [-0.4, -0.2) is 47.4 Å². The topological polar surface area (TPSA) is 77.1 Å². The first-order valence-corrected chi connectivity index (χ1v) is 12.9. The normalized spacial score (nSPS) is 15.9. The smallest absolute Gasteiger partial charge is 0.229 e. The van der Waals surface area contributed by atoms with E-state index >= 15 is 0 Å². The Labute approximate surface area is 201 Å². The van der Waals surface area contributed by atoms with Gasteiger partial charge in [0, 0.05) is 25.6 Å².